The SMILES string of the molecule is CCC(C)CC(NC)c1ccccc1C1CCC1. The Morgan fingerprint density at radius 2 is 2.00 bits per heavy atom. The molecule has 1 aliphatic rings. The average molecular weight is 245 g/mol. The first kappa shape index (κ1) is 13.6. The molecule has 0 saturated heterocycles. The van der Waals surface area contributed by atoms with Crippen LogP contribution in [0.15, 0.2) is 24.3 Å². The summed E-state index contributed by atoms with van der Waals surface area (Å²) in [6, 6.07) is 9.60. The molecule has 1 nitrogen and oxygen atoms in total. The topological polar surface area (TPSA) is 12.0 Å². The number of rotatable bonds is 6. The van der Waals surface area contributed by atoms with Crippen LogP contribution in [0, 0.1) is 5.92 Å². The molecule has 1 aliphatic carbocycles. The summed E-state index contributed by atoms with van der Waals surface area (Å²) in [4.78, 5) is 0. The molecule has 0 radical (unpaired) electrons. The zero-order valence-electron chi connectivity index (χ0n) is 12.1. The third kappa shape index (κ3) is 2.95. The molecule has 2 atom stereocenters. The molecule has 1 aromatic rings. The third-order valence-corrected chi connectivity index (χ3v) is 4.60. The minimum absolute atomic E-state index is 0.525. The van der Waals surface area contributed by atoms with E-state index in [4.69, 9.17) is 0 Å². The Balaban J connectivity index is 2.18. The molecular weight excluding hydrogens is 218 g/mol. The van der Waals surface area contributed by atoms with Gasteiger partial charge in [0.05, 0.1) is 0 Å². The molecule has 2 rings (SSSR count). The maximum Gasteiger partial charge on any atom is 0.0322 e. The highest BCUT2D eigenvalue weighted by molar-refractivity contribution is 5.34. The molecule has 0 bridgehead atoms. The Morgan fingerprint density at radius 3 is 2.56 bits per heavy atom. The van der Waals surface area contributed by atoms with Crippen molar-refractivity contribution in [2.75, 3.05) is 7.05 Å². The standard InChI is InChI=1S/C17H27N/c1-4-13(2)12-17(18-3)16-11-6-5-10-15(16)14-8-7-9-14/h5-6,10-11,13-14,17-18H,4,7-9,12H2,1-3H3. The molecule has 2 unspecified atom stereocenters. The van der Waals surface area contributed by atoms with Gasteiger partial charge in [0.1, 0.15) is 0 Å². The number of nitrogens with one attached hydrogen (secondary N) is 1. The van der Waals surface area contributed by atoms with Gasteiger partial charge in [0.15, 0.2) is 0 Å². The molecule has 18 heavy (non-hydrogen) atoms. The maximum absolute atomic E-state index is 3.53. The lowest BCUT2D eigenvalue weighted by molar-refractivity contribution is 0.394. The summed E-state index contributed by atoms with van der Waals surface area (Å²) in [6.45, 7) is 4.64. The highest BCUT2D eigenvalue weighted by atomic mass is 14.9. The predicted octanol–water partition coefficient (Wildman–Crippen LogP) is 4.65. The highest BCUT2D eigenvalue weighted by Gasteiger charge is 2.24. The fourth-order valence-corrected chi connectivity index (χ4v) is 2.89. The van der Waals surface area contributed by atoms with E-state index >= 15 is 0 Å². The van der Waals surface area contributed by atoms with Gasteiger partial charge in [-0.2, -0.15) is 0 Å². The van der Waals surface area contributed by atoms with Crippen molar-refractivity contribution in [2.45, 2.75) is 57.9 Å². The zero-order chi connectivity index (χ0) is 13.0. The number of hydrogen-bond acceptors (Lipinski definition) is 1. The van der Waals surface area contributed by atoms with E-state index in [9.17, 15) is 0 Å². The van der Waals surface area contributed by atoms with Crippen molar-refractivity contribution < 1.29 is 0 Å². The molecule has 0 aliphatic heterocycles. The fraction of sp³-hybridized carbons (Fsp3) is 0.647. The van der Waals surface area contributed by atoms with Crippen molar-refractivity contribution in [3.05, 3.63) is 35.4 Å². The van der Waals surface area contributed by atoms with Crippen molar-refractivity contribution in [1.82, 2.24) is 5.32 Å². The Bertz CT molecular complexity index is 368. The van der Waals surface area contributed by atoms with E-state index in [0.29, 0.717) is 6.04 Å². The van der Waals surface area contributed by atoms with Crippen LogP contribution in [0.5, 0.6) is 0 Å². The molecule has 0 aromatic heterocycles. The van der Waals surface area contributed by atoms with E-state index in [1.165, 1.54) is 32.1 Å². The normalized spacial score (nSPS) is 19.3. The number of benzene rings is 1. The summed E-state index contributed by atoms with van der Waals surface area (Å²) in [5.41, 5.74) is 3.15. The van der Waals surface area contributed by atoms with E-state index in [1.807, 2.05) is 0 Å². The van der Waals surface area contributed by atoms with Crippen molar-refractivity contribution in [1.29, 1.82) is 0 Å². The average Bonchev–Trinajstić information content (AvgIpc) is 2.34. The second-order valence-corrected chi connectivity index (χ2v) is 5.85. The number of hydrogen-bond donors (Lipinski definition) is 1. The van der Waals surface area contributed by atoms with Crippen LogP contribution in [0.2, 0.25) is 0 Å². The second kappa shape index (κ2) is 6.38. The first-order valence-electron chi connectivity index (χ1n) is 7.52. The van der Waals surface area contributed by atoms with Crippen LogP contribution in [0.4, 0.5) is 0 Å². The minimum atomic E-state index is 0.525. The quantitative estimate of drug-likeness (QED) is 0.769. The van der Waals surface area contributed by atoms with Crippen LogP contribution < -0.4 is 5.32 Å². The van der Waals surface area contributed by atoms with E-state index < -0.39 is 0 Å². The van der Waals surface area contributed by atoms with Gasteiger partial charge in [-0.1, -0.05) is 51.0 Å². The Kier molecular flexibility index (Phi) is 4.82. The molecule has 1 fully saturated rings. The van der Waals surface area contributed by atoms with Gasteiger partial charge >= 0.3 is 0 Å². The minimum Gasteiger partial charge on any atom is -0.313 e. The van der Waals surface area contributed by atoms with Crippen LogP contribution in [0.25, 0.3) is 0 Å². The van der Waals surface area contributed by atoms with E-state index in [0.717, 1.165) is 11.8 Å². The Labute approximate surface area is 112 Å². The van der Waals surface area contributed by atoms with Gasteiger partial charge in [-0.15, -0.1) is 0 Å². The highest BCUT2D eigenvalue weighted by Crippen LogP contribution is 2.40. The predicted molar refractivity (Wildman–Crippen MR) is 78.9 cm³/mol. The zero-order valence-corrected chi connectivity index (χ0v) is 12.1. The van der Waals surface area contributed by atoms with Gasteiger partial charge in [-0.05, 0) is 49.3 Å². The van der Waals surface area contributed by atoms with Crippen LogP contribution in [0.3, 0.4) is 0 Å². The lowest BCUT2D eigenvalue weighted by atomic mass is 9.76. The molecule has 1 saturated carbocycles. The van der Waals surface area contributed by atoms with Crippen molar-refractivity contribution in [2.24, 2.45) is 5.92 Å². The van der Waals surface area contributed by atoms with Gasteiger partial charge in [-0.25, -0.2) is 0 Å². The smallest absolute Gasteiger partial charge is 0.0322 e. The third-order valence-electron chi connectivity index (χ3n) is 4.60. The van der Waals surface area contributed by atoms with Crippen molar-refractivity contribution >= 4 is 0 Å². The molecule has 0 spiro atoms. The molecule has 100 valence electrons. The van der Waals surface area contributed by atoms with Gasteiger partial charge in [0.25, 0.3) is 0 Å². The van der Waals surface area contributed by atoms with Crippen LogP contribution in [0.1, 0.15) is 69.0 Å². The largest absolute Gasteiger partial charge is 0.313 e. The van der Waals surface area contributed by atoms with E-state index in [-0.39, 0.29) is 0 Å². The summed E-state index contributed by atoms with van der Waals surface area (Å²) >= 11 is 0. The van der Waals surface area contributed by atoms with E-state index in [2.05, 4.69) is 50.5 Å². The summed E-state index contributed by atoms with van der Waals surface area (Å²) in [5.74, 6) is 1.62. The van der Waals surface area contributed by atoms with Gasteiger partial charge in [0.2, 0.25) is 0 Å². The van der Waals surface area contributed by atoms with Crippen LogP contribution in [-0.2, 0) is 0 Å². The van der Waals surface area contributed by atoms with Crippen molar-refractivity contribution in [3.8, 4) is 0 Å². The summed E-state index contributed by atoms with van der Waals surface area (Å²) < 4.78 is 0. The molecule has 1 aromatic carbocycles. The van der Waals surface area contributed by atoms with Gasteiger partial charge in [-0.3, -0.25) is 0 Å². The second-order valence-electron chi connectivity index (χ2n) is 5.85. The monoisotopic (exact) mass is 245 g/mol. The summed E-state index contributed by atoms with van der Waals surface area (Å²) in [6.07, 6.45) is 6.70. The maximum atomic E-state index is 3.53. The molecule has 0 heterocycles. The first-order chi connectivity index (χ1) is 8.76. The molecule has 0 amide bonds. The lowest BCUT2D eigenvalue weighted by Crippen LogP contribution is -2.22. The van der Waals surface area contributed by atoms with Gasteiger partial charge in [0, 0.05) is 6.04 Å². The molecular formula is C17H27N. The van der Waals surface area contributed by atoms with Crippen molar-refractivity contribution in [3.63, 3.8) is 0 Å². The Hall–Kier alpha value is -0.820. The Morgan fingerprint density at radius 1 is 1.28 bits per heavy atom. The molecule has 1 N–H and O–H groups in total. The first-order valence-corrected chi connectivity index (χ1v) is 7.52. The van der Waals surface area contributed by atoms with Crippen LogP contribution in [-0.4, -0.2) is 7.05 Å². The van der Waals surface area contributed by atoms with Crippen LogP contribution >= 0.6 is 0 Å². The van der Waals surface area contributed by atoms with Gasteiger partial charge < -0.3 is 5.32 Å². The fourth-order valence-electron chi connectivity index (χ4n) is 2.89. The summed E-state index contributed by atoms with van der Waals surface area (Å²) in [7, 11) is 2.10. The lowest BCUT2D eigenvalue weighted by Gasteiger charge is -2.31. The molecule has 1 heteroatoms. The van der Waals surface area contributed by atoms with E-state index in [1.54, 1.807) is 11.1 Å². The summed E-state index contributed by atoms with van der Waals surface area (Å²) in [5, 5.41) is 3.53.